The van der Waals surface area contributed by atoms with Crippen molar-refractivity contribution in [3.05, 3.63) is 174 Å². The number of para-hydroxylation sites is 1. The summed E-state index contributed by atoms with van der Waals surface area (Å²) in [5.41, 5.74) is 15.6. The van der Waals surface area contributed by atoms with E-state index in [4.69, 9.17) is 4.42 Å². The molecule has 0 aliphatic heterocycles. The van der Waals surface area contributed by atoms with Crippen LogP contribution in [0.15, 0.2) is 156 Å². The lowest BCUT2D eigenvalue weighted by Gasteiger charge is -2.33. The van der Waals surface area contributed by atoms with Crippen LogP contribution in [0, 0.1) is 0 Å². The van der Waals surface area contributed by atoms with Crippen LogP contribution in [0.5, 0.6) is 0 Å². The molecule has 1 aromatic heterocycles. The summed E-state index contributed by atoms with van der Waals surface area (Å²) in [7, 11) is 0. The predicted molar refractivity (Wildman–Crippen MR) is 219 cm³/mol. The van der Waals surface area contributed by atoms with Crippen molar-refractivity contribution in [2.24, 2.45) is 0 Å². The first-order chi connectivity index (χ1) is 25.3. The lowest BCUT2D eigenvalue weighted by molar-refractivity contribution is 0.666. The molecule has 52 heavy (non-hydrogen) atoms. The van der Waals surface area contributed by atoms with E-state index in [2.05, 4.69) is 184 Å². The molecule has 0 radical (unpaired) electrons. The molecule has 9 aromatic rings. The summed E-state index contributed by atoms with van der Waals surface area (Å²) in [4.78, 5) is 2.59. The van der Waals surface area contributed by atoms with E-state index in [0.717, 1.165) is 27.6 Å². The van der Waals surface area contributed by atoms with Crippen LogP contribution in [0.3, 0.4) is 0 Å². The third kappa shape index (κ3) is 3.74. The fourth-order valence-electron chi connectivity index (χ4n) is 9.96. The van der Waals surface area contributed by atoms with Crippen LogP contribution in [0.2, 0.25) is 0 Å². The Morgan fingerprint density at radius 3 is 1.46 bits per heavy atom. The summed E-state index contributed by atoms with van der Waals surface area (Å²) in [5, 5.41) is 7.34. The highest BCUT2D eigenvalue weighted by molar-refractivity contribution is 6.17. The average molecular weight is 668 g/mol. The van der Waals surface area contributed by atoms with E-state index in [1.165, 1.54) is 77.4 Å². The van der Waals surface area contributed by atoms with Crippen molar-refractivity contribution >= 4 is 60.5 Å². The van der Waals surface area contributed by atoms with Crippen LogP contribution in [0.25, 0.3) is 65.7 Å². The zero-order valence-corrected chi connectivity index (χ0v) is 29.8. The first-order valence-electron chi connectivity index (χ1n) is 18.4. The van der Waals surface area contributed by atoms with Gasteiger partial charge in [0, 0.05) is 27.3 Å². The fourth-order valence-corrected chi connectivity index (χ4v) is 9.96. The van der Waals surface area contributed by atoms with Gasteiger partial charge in [-0.2, -0.15) is 0 Å². The van der Waals surface area contributed by atoms with E-state index in [-0.39, 0.29) is 10.8 Å². The van der Waals surface area contributed by atoms with Crippen molar-refractivity contribution in [1.82, 2.24) is 0 Å². The van der Waals surface area contributed by atoms with Gasteiger partial charge in [0.2, 0.25) is 0 Å². The lowest BCUT2D eigenvalue weighted by atomic mass is 9.79. The van der Waals surface area contributed by atoms with Gasteiger partial charge in [-0.3, -0.25) is 0 Å². The molecule has 2 nitrogen and oxygen atoms in total. The van der Waals surface area contributed by atoms with Crippen LogP contribution in [-0.4, -0.2) is 0 Å². The fraction of sp³-hybridized carbons (Fsp3) is 0.120. The van der Waals surface area contributed by atoms with Gasteiger partial charge in [-0.25, -0.2) is 0 Å². The summed E-state index contributed by atoms with van der Waals surface area (Å²) >= 11 is 0. The Bertz CT molecular complexity index is 2830. The third-order valence-electron chi connectivity index (χ3n) is 12.1. The minimum Gasteiger partial charge on any atom is -0.456 e. The van der Waals surface area contributed by atoms with Crippen LogP contribution < -0.4 is 4.90 Å². The molecule has 0 saturated carbocycles. The van der Waals surface area contributed by atoms with Crippen LogP contribution >= 0.6 is 0 Å². The average Bonchev–Trinajstić information content (AvgIpc) is 3.76. The van der Waals surface area contributed by atoms with Crippen LogP contribution in [0.4, 0.5) is 17.1 Å². The van der Waals surface area contributed by atoms with Gasteiger partial charge >= 0.3 is 0 Å². The van der Waals surface area contributed by atoms with Crippen molar-refractivity contribution < 1.29 is 4.42 Å². The van der Waals surface area contributed by atoms with Crippen LogP contribution in [0.1, 0.15) is 49.9 Å². The monoisotopic (exact) mass is 667 g/mol. The Balaban J connectivity index is 1.38. The number of furan rings is 1. The standard InChI is InChI=1S/C50H37NO/c1-49(2)37-23-12-9-20-34(37)45-40(28-30-16-5-7-18-32(30)47(45)49)51(39-25-15-27-43-44(39)36-22-11-14-26-42(36)52-43)41-29-31-17-6-8-19-33(31)48-46(41)35-21-10-13-24-38(35)50(48,3)4/h5-29H,1-4H3. The predicted octanol–water partition coefficient (Wildman–Crippen LogP) is 14.0. The number of fused-ring (bicyclic) bond motifs is 13. The molecule has 8 aromatic carbocycles. The molecule has 11 rings (SSSR count). The van der Waals surface area contributed by atoms with Crippen molar-refractivity contribution in [2.45, 2.75) is 38.5 Å². The van der Waals surface area contributed by atoms with Gasteiger partial charge in [0.05, 0.1) is 22.4 Å². The number of hydrogen-bond donors (Lipinski definition) is 0. The molecule has 0 fully saturated rings. The number of anilines is 3. The molecule has 248 valence electrons. The molecular weight excluding hydrogens is 631 g/mol. The van der Waals surface area contributed by atoms with E-state index >= 15 is 0 Å². The molecule has 2 aliphatic carbocycles. The second-order valence-electron chi connectivity index (χ2n) is 15.7. The largest absolute Gasteiger partial charge is 0.456 e. The molecule has 0 unspecified atom stereocenters. The molecular formula is C50H37NO. The SMILES string of the molecule is CC1(C)c2ccccc2-c2c(N(c3cc4ccccc4c4c3-c3ccccc3C4(C)C)c3cccc4oc5ccccc5c34)cc3ccccc3c21. The molecule has 2 aliphatic rings. The van der Waals surface area contributed by atoms with E-state index in [0.29, 0.717) is 0 Å². The van der Waals surface area contributed by atoms with E-state index in [9.17, 15) is 0 Å². The second kappa shape index (κ2) is 10.2. The summed E-state index contributed by atoms with van der Waals surface area (Å²) in [5.74, 6) is 0. The zero-order chi connectivity index (χ0) is 34.9. The highest BCUT2D eigenvalue weighted by Gasteiger charge is 2.43. The normalized spacial score (nSPS) is 14.8. The highest BCUT2D eigenvalue weighted by atomic mass is 16.3. The smallest absolute Gasteiger partial charge is 0.137 e. The molecule has 0 amide bonds. The van der Waals surface area contributed by atoms with Gasteiger partial charge in [0.25, 0.3) is 0 Å². The molecule has 2 heteroatoms. The molecule has 0 spiro atoms. The maximum absolute atomic E-state index is 6.59. The molecule has 0 saturated heterocycles. The van der Waals surface area contributed by atoms with E-state index in [1.54, 1.807) is 0 Å². The molecule has 0 bridgehead atoms. The topological polar surface area (TPSA) is 16.4 Å². The second-order valence-corrected chi connectivity index (χ2v) is 15.7. The summed E-state index contributed by atoms with van der Waals surface area (Å²) in [6.45, 7) is 9.59. The van der Waals surface area contributed by atoms with Gasteiger partial charge in [-0.1, -0.05) is 149 Å². The van der Waals surface area contributed by atoms with Crippen LogP contribution in [-0.2, 0) is 10.8 Å². The van der Waals surface area contributed by atoms with Gasteiger partial charge < -0.3 is 9.32 Å². The summed E-state index contributed by atoms with van der Waals surface area (Å²) in [6.07, 6.45) is 0. The Kier molecular flexibility index (Phi) is 5.83. The first-order valence-corrected chi connectivity index (χ1v) is 18.4. The lowest BCUT2D eigenvalue weighted by Crippen LogP contribution is -2.18. The molecule has 0 atom stereocenters. The van der Waals surface area contributed by atoms with Gasteiger partial charge in [-0.15, -0.1) is 0 Å². The van der Waals surface area contributed by atoms with Gasteiger partial charge in [0.1, 0.15) is 11.2 Å². The summed E-state index contributed by atoms with van der Waals surface area (Å²) < 4.78 is 6.59. The third-order valence-corrected chi connectivity index (χ3v) is 12.1. The Labute approximate surface area is 303 Å². The Morgan fingerprint density at radius 2 is 0.885 bits per heavy atom. The number of nitrogens with zero attached hydrogens (tertiary/aromatic N) is 1. The summed E-state index contributed by atoms with van der Waals surface area (Å²) in [6, 6.07) is 56.0. The Morgan fingerprint density at radius 1 is 0.423 bits per heavy atom. The first kappa shape index (κ1) is 29.6. The maximum atomic E-state index is 6.59. The van der Waals surface area contributed by atoms with Crippen molar-refractivity contribution in [2.75, 3.05) is 4.90 Å². The quantitative estimate of drug-likeness (QED) is 0.186. The van der Waals surface area contributed by atoms with Gasteiger partial charge in [-0.05, 0) is 85.3 Å². The number of hydrogen-bond acceptors (Lipinski definition) is 2. The van der Waals surface area contributed by atoms with Gasteiger partial charge in [0.15, 0.2) is 0 Å². The molecule has 0 N–H and O–H groups in total. The van der Waals surface area contributed by atoms with E-state index < -0.39 is 0 Å². The number of rotatable bonds is 3. The zero-order valence-electron chi connectivity index (χ0n) is 29.8. The minimum absolute atomic E-state index is 0.193. The van der Waals surface area contributed by atoms with Crippen molar-refractivity contribution in [3.8, 4) is 22.3 Å². The molecule has 1 heterocycles. The van der Waals surface area contributed by atoms with Crippen molar-refractivity contribution in [1.29, 1.82) is 0 Å². The highest BCUT2D eigenvalue weighted by Crippen LogP contribution is 2.61. The Hall–Kier alpha value is -6.12. The minimum atomic E-state index is -0.193. The number of benzene rings is 8. The van der Waals surface area contributed by atoms with Crippen molar-refractivity contribution in [3.63, 3.8) is 0 Å². The maximum Gasteiger partial charge on any atom is 0.137 e. The van der Waals surface area contributed by atoms with E-state index in [1.807, 2.05) is 0 Å².